The largest absolute Gasteiger partial charge is 0.383 e. The summed E-state index contributed by atoms with van der Waals surface area (Å²) >= 11 is 0. The maximum Gasteiger partial charge on any atom is 0.256 e. The van der Waals surface area contributed by atoms with Gasteiger partial charge in [0.1, 0.15) is 11.4 Å². The number of aromatic nitrogens is 2. The third kappa shape index (κ3) is 4.34. The maximum absolute atomic E-state index is 11.7. The van der Waals surface area contributed by atoms with E-state index in [9.17, 15) is 4.79 Å². The normalized spacial score (nSPS) is 10.6. The van der Waals surface area contributed by atoms with E-state index in [1.165, 1.54) is 10.9 Å². The zero-order valence-corrected chi connectivity index (χ0v) is 10.8. The Balaban J connectivity index is 2.16. The van der Waals surface area contributed by atoms with Crippen LogP contribution in [0.2, 0.25) is 0 Å². The van der Waals surface area contributed by atoms with Crippen LogP contribution in [-0.4, -0.2) is 49.2 Å². The van der Waals surface area contributed by atoms with Crippen molar-refractivity contribution in [3.63, 3.8) is 0 Å². The number of nitrogens with one attached hydrogen (secondary N) is 1. The molecule has 18 heavy (non-hydrogen) atoms. The highest BCUT2D eigenvalue weighted by Crippen LogP contribution is 2.08. The molecule has 102 valence electrons. The van der Waals surface area contributed by atoms with Crippen molar-refractivity contribution in [2.45, 2.75) is 6.42 Å². The number of hydrogen-bond donors (Lipinski definition) is 2. The Hall–Kier alpha value is -1.60. The maximum atomic E-state index is 11.7. The molecule has 1 rings (SSSR count). The number of nitrogens with zero attached hydrogens (tertiary/aromatic N) is 2. The Morgan fingerprint density at radius 1 is 1.50 bits per heavy atom. The molecule has 7 heteroatoms. The molecule has 0 aliphatic heterocycles. The number of methoxy groups -OCH3 is 1. The lowest BCUT2D eigenvalue weighted by molar-refractivity contribution is 0.0688. The molecule has 0 radical (unpaired) electrons. The highest BCUT2D eigenvalue weighted by molar-refractivity contribution is 5.98. The van der Waals surface area contributed by atoms with Gasteiger partial charge < -0.3 is 20.5 Å². The fourth-order valence-corrected chi connectivity index (χ4v) is 1.34. The second-order valence-electron chi connectivity index (χ2n) is 3.78. The third-order valence-electron chi connectivity index (χ3n) is 2.41. The fourth-order valence-electron chi connectivity index (χ4n) is 1.34. The van der Waals surface area contributed by atoms with Gasteiger partial charge in [0.2, 0.25) is 0 Å². The number of carbonyl (C=O) groups excluding carboxylic acids is 1. The molecule has 1 amide bonds. The SMILES string of the molecule is COCCOCCCNC(=O)c1cnn(C)c1N. The standard InChI is InChI=1S/C11H20N4O3/c1-15-10(12)9(8-14-15)11(16)13-4-3-5-18-7-6-17-2/h8H,3-7,12H2,1-2H3,(H,13,16). The van der Waals surface area contributed by atoms with Crippen LogP contribution < -0.4 is 11.1 Å². The van der Waals surface area contributed by atoms with Crippen molar-refractivity contribution in [2.75, 3.05) is 39.2 Å². The molecule has 0 bridgehead atoms. The smallest absolute Gasteiger partial charge is 0.256 e. The molecule has 0 unspecified atom stereocenters. The minimum atomic E-state index is -0.211. The zero-order valence-electron chi connectivity index (χ0n) is 10.8. The Labute approximate surface area is 106 Å². The summed E-state index contributed by atoms with van der Waals surface area (Å²) < 4.78 is 11.6. The van der Waals surface area contributed by atoms with Gasteiger partial charge in [0.15, 0.2) is 0 Å². The summed E-state index contributed by atoms with van der Waals surface area (Å²) in [6, 6.07) is 0. The van der Waals surface area contributed by atoms with Gasteiger partial charge in [-0.15, -0.1) is 0 Å². The number of nitrogens with two attached hydrogens (primary N) is 1. The Morgan fingerprint density at radius 3 is 2.89 bits per heavy atom. The van der Waals surface area contributed by atoms with Crippen LogP contribution in [0.25, 0.3) is 0 Å². The van der Waals surface area contributed by atoms with E-state index in [-0.39, 0.29) is 5.91 Å². The van der Waals surface area contributed by atoms with Crippen LogP contribution in [0.3, 0.4) is 0 Å². The third-order valence-corrected chi connectivity index (χ3v) is 2.41. The summed E-state index contributed by atoms with van der Waals surface area (Å²) in [6.07, 6.45) is 2.20. The van der Waals surface area contributed by atoms with Crippen LogP contribution in [0.5, 0.6) is 0 Å². The number of aryl methyl sites for hydroxylation is 1. The molecule has 0 aliphatic rings. The van der Waals surface area contributed by atoms with Crippen molar-refractivity contribution in [3.8, 4) is 0 Å². The molecule has 0 spiro atoms. The fraction of sp³-hybridized carbons (Fsp3) is 0.636. The molecule has 0 saturated carbocycles. The Morgan fingerprint density at radius 2 is 2.28 bits per heavy atom. The van der Waals surface area contributed by atoms with Crippen molar-refractivity contribution in [3.05, 3.63) is 11.8 Å². The predicted molar refractivity (Wildman–Crippen MR) is 67.3 cm³/mol. The van der Waals surface area contributed by atoms with E-state index < -0.39 is 0 Å². The van der Waals surface area contributed by atoms with E-state index >= 15 is 0 Å². The van der Waals surface area contributed by atoms with E-state index in [0.717, 1.165) is 6.42 Å². The van der Waals surface area contributed by atoms with Gasteiger partial charge in [-0.1, -0.05) is 0 Å². The summed E-state index contributed by atoms with van der Waals surface area (Å²) in [4.78, 5) is 11.7. The van der Waals surface area contributed by atoms with Crippen LogP contribution in [0.1, 0.15) is 16.8 Å². The van der Waals surface area contributed by atoms with Gasteiger partial charge in [-0.25, -0.2) is 0 Å². The first-order valence-electron chi connectivity index (χ1n) is 5.79. The quantitative estimate of drug-likeness (QED) is 0.628. The highest BCUT2D eigenvalue weighted by Gasteiger charge is 2.12. The Kier molecular flexibility index (Phi) is 6.16. The summed E-state index contributed by atoms with van der Waals surface area (Å²) in [5.41, 5.74) is 6.09. The van der Waals surface area contributed by atoms with E-state index in [2.05, 4.69) is 10.4 Å². The van der Waals surface area contributed by atoms with Crippen LogP contribution >= 0.6 is 0 Å². The minimum Gasteiger partial charge on any atom is -0.383 e. The lowest BCUT2D eigenvalue weighted by Gasteiger charge is -2.05. The van der Waals surface area contributed by atoms with Gasteiger partial charge in [0.25, 0.3) is 5.91 Å². The van der Waals surface area contributed by atoms with Crippen molar-refractivity contribution >= 4 is 11.7 Å². The van der Waals surface area contributed by atoms with Gasteiger partial charge in [-0.2, -0.15) is 5.10 Å². The molecule has 0 saturated heterocycles. The molecular weight excluding hydrogens is 236 g/mol. The number of ether oxygens (including phenoxy) is 2. The van der Waals surface area contributed by atoms with Crippen LogP contribution in [0.4, 0.5) is 5.82 Å². The molecule has 7 nitrogen and oxygen atoms in total. The van der Waals surface area contributed by atoms with Gasteiger partial charge in [-0.05, 0) is 6.42 Å². The van der Waals surface area contributed by atoms with Crippen molar-refractivity contribution in [1.82, 2.24) is 15.1 Å². The van der Waals surface area contributed by atoms with E-state index in [4.69, 9.17) is 15.2 Å². The first-order chi connectivity index (χ1) is 8.66. The molecular formula is C11H20N4O3. The number of rotatable bonds is 8. The molecule has 1 aromatic heterocycles. The minimum absolute atomic E-state index is 0.211. The molecule has 1 aromatic rings. The second-order valence-corrected chi connectivity index (χ2v) is 3.78. The average Bonchev–Trinajstić information content (AvgIpc) is 2.69. The molecule has 3 N–H and O–H groups in total. The number of hydrogen-bond acceptors (Lipinski definition) is 5. The summed E-state index contributed by atoms with van der Waals surface area (Å²) in [7, 11) is 3.32. The number of amides is 1. The van der Waals surface area contributed by atoms with Crippen LogP contribution in [0.15, 0.2) is 6.20 Å². The first kappa shape index (κ1) is 14.5. The van der Waals surface area contributed by atoms with Crippen LogP contribution in [0, 0.1) is 0 Å². The number of carbonyl (C=O) groups is 1. The first-order valence-corrected chi connectivity index (χ1v) is 5.79. The van der Waals surface area contributed by atoms with Crippen molar-refractivity contribution < 1.29 is 14.3 Å². The zero-order chi connectivity index (χ0) is 13.4. The summed E-state index contributed by atoms with van der Waals surface area (Å²) in [5, 5.41) is 6.67. The van der Waals surface area contributed by atoms with Crippen LogP contribution in [-0.2, 0) is 16.5 Å². The van der Waals surface area contributed by atoms with Crippen molar-refractivity contribution in [1.29, 1.82) is 0 Å². The molecule has 0 fully saturated rings. The highest BCUT2D eigenvalue weighted by atomic mass is 16.5. The summed E-state index contributed by atoms with van der Waals surface area (Å²) in [5.74, 6) is 0.154. The molecule has 0 aromatic carbocycles. The average molecular weight is 256 g/mol. The van der Waals surface area contributed by atoms with Gasteiger partial charge in [0, 0.05) is 27.3 Å². The second kappa shape index (κ2) is 7.67. The molecule has 1 heterocycles. The number of anilines is 1. The summed E-state index contributed by atoms with van der Waals surface area (Å²) in [6.45, 7) is 2.28. The lowest BCUT2D eigenvalue weighted by Crippen LogP contribution is -2.26. The predicted octanol–water partition coefficient (Wildman–Crippen LogP) is -0.215. The van der Waals surface area contributed by atoms with E-state index in [1.807, 2.05) is 0 Å². The van der Waals surface area contributed by atoms with Gasteiger partial charge in [-0.3, -0.25) is 9.48 Å². The lowest BCUT2D eigenvalue weighted by atomic mass is 10.3. The van der Waals surface area contributed by atoms with E-state index in [1.54, 1.807) is 14.2 Å². The van der Waals surface area contributed by atoms with Crippen molar-refractivity contribution in [2.24, 2.45) is 7.05 Å². The molecule has 0 aliphatic carbocycles. The van der Waals surface area contributed by atoms with E-state index in [0.29, 0.717) is 37.7 Å². The molecule has 0 atom stereocenters. The van der Waals surface area contributed by atoms with Gasteiger partial charge >= 0.3 is 0 Å². The topological polar surface area (TPSA) is 91.4 Å². The van der Waals surface area contributed by atoms with Gasteiger partial charge in [0.05, 0.1) is 19.4 Å². The number of nitrogen functional groups attached to an aromatic ring is 1. The Bertz CT molecular complexity index is 378. The monoisotopic (exact) mass is 256 g/mol.